The minimum Gasteiger partial charge on any atom is -0.294 e. The van der Waals surface area contributed by atoms with E-state index in [0.29, 0.717) is 5.92 Å². The van der Waals surface area contributed by atoms with E-state index < -0.39 is 0 Å². The summed E-state index contributed by atoms with van der Waals surface area (Å²) in [6, 6.07) is 0. The molecule has 12 heavy (non-hydrogen) atoms. The van der Waals surface area contributed by atoms with Gasteiger partial charge in [0, 0.05) is 5.41 Å². The highest BCUT2D eigenvalue weighted by atomic mass is 16.1. The topological polar surface area (TPSA) is 17.1 Å². The Kier molecular flexibility index (Phi) is 1.23. The third kappa shape index (κ3) is 0.626. The van der Waals surface area contributed by atoms with E-state index in [1.165, 1.54) is 0 Å². The van der Waals surface area contributed by atoms with Gasteiger partial charge in [0.15, 0.2) is 5.78 Å². The summed E-state index contributed by atoms with van der Waals surface area (Å²) >= 11 is 0. The summed E-state index contributed by atoms with van der Waals surface area (Å²) in [7, 11) is 0. The van der Waals surface area contributed by atoms with Crippen molar-refractivity contribution in [2.45, 2.75) is 20.8 Å². The average Bonchev–Trinajstić information content (AvgIpc) is 2.48. The van der Waals surface area contributed by atoms with Crippen molar-refractivity contribution in [1.29, 1.82) is 0 Å². The zero-order valence-corrected chi connectivity index (χ0v) is 7.79. The molecule has 0 aliphatic heterocycles. The normalized spacial score (nSPS) is 42.2. The van der Waals surface area contributed by atoms with E-state index in [0.717, 1.165) is 0 Å². The molecule has 1 heteroatoms. The average molecular weight is 162 g/mol. The largest absolute Gasteiger partial charge is 0.294 e. The quantitative estimate of drug-likeness (QED) is 0.534. The number of carbonyl (C=O) groups excluding carboxylic acids is 1. The fraction of sp³-hybridized carbons (Fsp3) is 0.545. The van der Waals surface area contributed by atoms with Crippen molar-refractivity contribution in [1.82, 2.24) is 0 Å². The molecule has 0 saturated heterocycles. The van der Waals surface area contributed by atoms with E-state index in [4.69, 9.17) is 0 Å². The van der Waals surface area contributed by atoms with Crippen LogP contribution in [0, 0.1) is 16.7 Å². The molecule has 0 aromatic rings. The standard InChI is InChI=1S/C11H14O/c1-10(2)8-6-4-5-7-9(12)11(8,10)3/h4-8H,1-3H3. The first-order valence-corrected chi connectivity index (χ1v) is 4.40. The fourth-order valence-electron chi connectivity index (χ4n) is 2.42. The molecular formula is C11H14O. The van der Waals surface area contributed by atoms with E-state index in [2.05, 4.69) is 26.8 Å². The van der Waals surface area contributed by atoms with Gasteiger partial charge in [0.2, 0.25) is 0 Å². The fourth-order valence-corrected chi connectivity index (χ4v) is 2.42. The van der Waals surface area contributed by atoms with Crippen LogP contribution >= 0.6 is 0 Å². The van der Waals surface area contributed by atoms with Crippen LogP contribution in [0.15, 0.2) is 24.3 Å². The van der Waals surface area contributed by atoms with Gasteiger partial charge in [0.25, 0.3) is 0 Å². The first-order chi connectivity index (χ1) is 5.51. The molecule has 64 valence electrons. The molecule has 0 radical (unpaired) electrons. The van der Waals surface area contributed by atoms with E-state index >= 15 is 0 Å². The van der Waals surface area contributed by atoms with Gasteiger partial charge < -0.3 is 0 Å². The Hall–Kier alpha value is -0.850. The number of carbonyl (C=O) groups is 1. The van der Waals surface area contributed by atoms with Crippen LogP contribution in [0.2, 0.25) is 0 Å². The highest BCUT2D eigenvalue weighted by Gasteiger charge is 2.70. The van der Waals surface area contributed by atoms with Crippen LogP contribution in [0.5, 0.6) is 0 Å². The maximum absolute atomic E-state index is 11.7. The molecule has 2 atom stereocenters. The molecule has 2 aliphatic carbocycles. The molecule has 0 bridgehead atoms. The van der Waals surface area contributed by atoms with Crippen molar-refractivity contribution in [3.8, 4) is 0 Å². The minimum atomic E-state index is -0.128. The lowest BCUT2D eigenvalue weighted by Gasteiger charge is -2.09. The van der Waals surface area contributed by atoms with Crippen molar-refractivity contribution in [3.05, 3.63) is 24.3 Å². The number of rotatable bonds is 0. The van der Waals surface area contributed by atoms with Crippen LogP contribution in [0.4, 0.5) is 0 Å². The first-order valence-electron chi connectivity index (χ1n) is 4.40. The molecule has 1 nitrogen and oxygen atoms in total. The highest BCUT2D eigenvalue weighted by molar-refractivity contribution is 5.99. The summed E-state index contributed by atoms with van der Waals surface area (Å²) in [6.07, 6.45) is 7.69. The summed E-state index contributed by atoms with van der Waals surface area (Å²) in [5.74, 6) is 0.718. The van der Waals surface area contributed by atoms with Crippen LogP contribution in [-0.4, -0.2) is 5.78 Å². The number of fused-ring (bicyclic) bond motifs is 1. The molecule has 1 fully saturated rings. The van der Waals surface area contributed by atoms with Crippen molar-refractivity contribution >= 4 is 5.78 Å². The second kappa shape index (κ2) is 1.90. The Morgan fingerprint density at radius 1 is 1.25 bits per heavy atom. The van der Waals surface area contributed by atoms with Gasteiger partial charge in [0.05, 0.1) is 0 Å². The lowest BCUT2D eigenvalue weighted by Crippen LogP contribution is -2.15. The van der Waals surface area contributed by atoms with Crippen molar-refractivity contribution < 1.29 is 4.79 Å². The van der Waals surface area contributed by atoms with Gasteiger partial charge in [-0.2, -0.15) is 0 Å². The van der Waals surface area contributed by atoms with Gasteiger partial charge in [-0.25, -0.2) is 0 Å². The zero-order valence-electron chi connectivity index (χ0n) is 7.79. The second-order valence-electron chi connectivity index (χ2n) is 4.51. The molecule has 1 saturated carbocycles. The summed E-state index contributed by atoms with van der Waals surface area (Å²) < 4.78 is 0. The molecule has 0 N–H and O–H groups in total. The monoisotopic (exact) mass is 162 g/mol. The summed E-state index contributed by atoms with van der Waals surface area (Å²) in [6.45, 7) is 6.40. The van der Waals surface area contributed by atoms with Gasteiger partial charge in [-0.1, -0.05) is 39.0 Å². The summed E-state index contributed by atoms with van der Waals surface area (Å²) in [5.41, 5.74) is 0.0296. The smallest absolute Gasteiger partial charge is 0.162 e. The van der Waals surface area contributed by atoms with Crippen molar-refractivity contribution in [2.75, 3.05) is 0 Å². The SMILES string of the molecule is CC1(C)C2C=CC=CC(=O)C21C. The van der Waals surface area contributed by atoms with E-state index in [-0.39, 0.29) is 16.6 Å². The summed E-state index contributed by atoms with van der Waals surface area (Å²) in [5, 5.41) is 0. The maximum atomic E-state index is 11.7. The van der Waals surface area contributed by atoms with Gasteiger partial charge in [0.1, 0.15) is 0 Å². The second-order valence-corrected chi connectivity index (χ2v) is 4.51. The molecular weight excluding hydrogens is 148 g/mol. The van der Waals surface area contributed by atoms with Crippen molar-refractivity contribution in [3.63, 3.8) is 0 Å². The maximum Gasteiger partial charge on any atom is 0.162 e. The Morgan fingerprint density at radius 3 is 2.58 bits per heavy atom. The Labute approximate surface area is 73.2 Å². The Balaban J connectivity index is 2.45. The van der Waals surface area contributed by atoms with Gasteiger partial charge in [-0.05, 0) is 17.4 Å². The van der Waals surface area contributed by atoms with Crippen LogP contribution in [0.3, 0.4) is 0 Å². The molecule has 2 unspecified atom stereocenters. The first kappa shape index (κ1) is 7.78. The molecule has 2 rings (SSSR count). The summed E-state index contributed by atoms with van der Waals surface area (Å²) in [4.78, 5) is 11.7. The molecule has 0 aromatic heterocycles. The van der Waals surface area contributed by atoms with Crippen LogP contribution in [0.25, 0.3) is 0 Å². The van der Waals surface area contributed by atoms with Gasteiger partial charge >= 0.3 is 0 Å². The van der Waals surface area contributed by atoms with Crippen LogP contribution in [-0.2, 0) is 4.79 Å². The Morgan fingerprint density at radius 2 is 1.92 bits per heavy atom. The van der Waals surface area contributed by atoms with E-state index in [1.807, 2.05) is 12.2 Å². The molecule has 0 amide bonds. The number of ketones is 1. The molecule has 0 heterocycles. The third-order valence-electron chi connectivity index (χ3n) is 3.83. The van der Waals surface area contributed by atoms with Crippen LogP contribution < -0.4 is 0 Å². The predicted octanol–water partition coefficient (Wildman–Crippen LogP) is 2.34. The van der Waals surface area contributed by atoms with E-state index in [9.17, 15) is 4.79 Å². The zero-order chi connectivity index (χ0) is 8.98. The Bertz CT molecular complexity index is 296. The third-order valence-corrected chi connectivity index (χ3v) is 3.83. The van der Waals surface area contributed by atoms with Gasteiger partial charge in [-0.3, -0.25) is 4.79 Å². The minimum absolute atomic E-state index is 0.128. The number of hydrogen-bond acceptors (Lipinski definition) is 1. The van der Waals surface area contributed by atoms with Crippen molar-refractivity contribution in [2.24, 2.45) is 16.7 Å². The molecule has 0 spiro atoms. The van der Waals surface area contributed by atoms with Crippen LogP contribution in [0.1, 0.15) is 20.8 Å². The number of hydrogen-bond donors (Lipinski definition) is 0. The lowest BCUT2D eigenvalue weighted by molar-refractivity contribution is -0.120. The molecule has 2 aliphatic rings. The van der Waals surface area contributed by atoms with E-state index in [1.54, 1.807) is 6.08 Å². The molecule has 0 aromatic carbocycles. The lowest BCUT2D eigenvalue weighted by atomic mass is 9.93. The van der Waals surface area contributed by atoms with Gasteiger partial charge in [-0.15, -0.1) is 0 Å². The predicted molar refractivity (Wildman–Crippen MR) is 48.7 cm³/mol. The highest BCUT2D eigenvalue weighted by Crippen LogP contribution is 2.70. The number of allylic oxidation sites excluding steroid dienone is 4.